The lowest BCUT2D eigenvalue weighted by Gasteiger charge is -2.38. The fraction of sp³-hybridized carbons (Fsp3) is 0.625. The topological polar surface area (TPSA) is 35.5 Å². The van der Waals surface area contributed by atoms with Crippen molar-refractivity contribution in [3.63, 3.8) is 0 Å². The van der Waals surface area contributed by atoms with E-state index in [-0.39, 0.29) is 17.6 Å². The first-order valence-electron chi connectivity index (χ1n) is 7.69. The zero-order valence-corrected chi connectivity index (χ0v) is 11.8. The van der Waals surface area contributed by atoms with Gasteiger partial charge in [0.05, 0.1) is 0 Å². The van der Waals surface area contributed by atoms with Gasteiger partial charge in [0.25, 0.3) is 0 Å². The molecule has 20 heavy (non-hydrogen) atoms. The van der Waals surface area contributed by atoms with Gasteiger partial charge in [0, 0.05) is 37.8 Å². The molecule has 0 unspecified atom stereocenters. The van der Waals surface area contributed by atoms with E-state index in [1.165, 1.54) is 43.9 Å². The summed E-state index contributed by atoms with van der Waals surface area (Å²) in [6, 6.07) is 4.52. The number of hydrogen-bond donors (Lipinski definition) is 2. The van der Waals surface area contributed by atoms with E-state index in [4.69, 9.17) is 0 Å². The van der Waals surface area contributed by atoms with Crippen LogP contribution in [0.2, 0.25) is 0 Å². The van der Waals surface area contributed by atoms with Crippen molar-refractivity contribution in [2.45, 2.75) is 31.7 Å². The van der Waals surface area contributed by atoms with Crippen LogP contribution in [0, 0.1) is 11.7 Å². The summed E-state index contributed by atoms with van der Waals surface area (Å²) in [7, 11) is 0. The molecule has 0 amide bonds. The number of halogens is 1. The Morgan fingerprint density at radius 2 is 1.90 bits per heavy atom. The average molecular weight is 278 g/mol. The van der Waals surface area contributed by atoms with Crippen molar-refractivity contribution in [1.29, 1.82) is 0 Å². The van der Waals surface area contributed by atoms with Crippen LogP contribution >= 0.6 is 0 Å². The normalized spacial score (nSPS) is 23.1. The minimum Gasteiger partial charge on any atom is -0.508 e. The van der Waals surface area contributed by atoms with E-state index in [1.807, 2.05) is 0 Å². The standard InChI is InChI=1S/C16H23FN2O/c17-13-5-6-15(20)14(11-13)16(12-3-1-2-4-12)19-9-7-18-8-10-19/h5-6,11-12,16,18,20H,1-4,7-10H2/t16-/m1/s1. The molecule has 1 aliphatic heterocycles. The Kier molecular flexibility index (Phi) is 4.22. The molecule has 0 spiro atoms. The van der Waals surface area contributed by atoms with Crippen LogP contribution in [0.25, 0.3) is 0 Å². The van der Waals surface area contributed by atoms with Crippen LogP contribution in [0.5, 0.6) is 5.75 Å². The Morgan fingerprint density at radius 1 is 1.20 bits per heavy atom. The fourth-order valence-corrected chi connectivity index (χ4v) is 3.74. The van der Waals surface area contributed by atoms with Gasteiger partial charge in [-0.15, -0.1) is 0 Å². The first-order chi connectivity index (χ1) is 9.75. The predicted molar refractivity (Wildman–Crippen MR) is 77.2 cm³/mol. The van der Waals surface area contributed by atoms with Gasteiger partial charge in [-0.2, -0.15) is 0 Å². The summed E-state index contributed by atoms with van der Waals surface area (Å²) < 4.78 is 13.6. The van der Waals surface area contributed by atoms with Crippen molar-refractivity contribution in [2.75, 3.05) is 26.2 Å². The van der Waals surface area contributed by atoms with Crippen LogP contribution in [0.1, 0.15) is 37.3 Å². The molecular weight excluding hydrogens is 255 g/mol. The maximum Gasteiger partial charge on any atom is 0.123 e. The van der Waals surface area contributed by atoms with Gasteiger partial charge >= 0.3 is 0 Å². The van der Waals surface area contributed by atoms with E-state index in [1.54, 1.807) is 0 Å². The second-order valence-electron chi connectivity index (χ2n) is 5.98. The molecule has 2 fully saturated rings. The van der Waals surface area contributed by atoms with Crippen LogP contribution in [-0.2, 0) is 0 Å². The monoisotopic (exact) mass is 278 g/mol. The number of nitrogens with zero attached hydrogens (tertiary/aromatic N) is 1. The maximum atomic E-state index is 13.6. The van der Waals surface area contributed by atoms with Crippen molar-refractivity contribution in [3.8, 4) is 5.75 Å². The first-order valence-corrected chi connectivity index (χ1v) is 7.69. The number of phenols is 1. The number of piperazine rings is 1. The van der Waals surface area contributed by atoms with E-state index >= 15 is 0 Å². The van der Waals surface area contributed by atoms with E-state index in [0.717, 1.165) is 31.7 Å². The Balaban J connectivity index is 1.92. The summed E-state index contributed by atoms with van der Waals surface area (Å²) in [5.74, 6) is 0.526. The van der Waals surface area contributed by atoms with Gasteiger partial charge in [-0.1, -0.05) is 12.8 Å². The van der Waals surface area contributed by atoms with Crippen LogP contribution < -0.4 is 5.32 Å². The van der Waals surface area contributed by atoms with Gasteiger partial charge in [0.15, 0.2) is 0 Å². The Bertz CT molecular complexity index is 454. The zero-order chi connectivity index (χ0) is 13.9. The highest BCUT2D eigenvalue weighted by molar-refractivity contribution is 5.36. The zero-order valence-electron chi connectivity index (χ0n) is 11.8. The molecule has 1 aromatic carbocycles. The minimum absolute atomic E-state index is 0.162. The molecule has 0 aromatic heterocycles. The van der Waals surface area contributed by atoms with Crippen molar-refractivity contribution < 1.29 is 9.50 Å². The van der Waals surface area contributed by atoms with E-state index in [0.29, 0.717) is 5.92 Å². The summed E-state index contributed by atoms with van der Waals surface area (Å²) in [4.78, 5) is 2.42. The molecule has 2 aliphatic rings. The van der Waals surface area contributed by atoms with Crippen molar-refractivity contribution in [2.24, 2.45) is 5.92 Å². The maximum absolute atomic E-state index is 13.6. The van der Waals surface area contributed by atoms with Gasteiger partial charge in [-0.3, -0.25) is 4.90 Å². The van der Waals surface area contributed by atoms with E-state index < -0.39 is 0 Å². The quantitative estimate of drug-likeness (QED) is 0.892. The van der Waals surface area contributed by atoms with Crippen LogP contribution in [0.3, 0.4) is 0 Å². The molecular formula is C16H23FN2O. The highest BCUT2D eigenvalue weighted by atomic mass is 19.1. The van der Waals surface area contributed by atoms with Gasteiger partial charge in [0.2, 0.25) is 0 Å². The number of phenolic OH excluding ortho intramolecular Hbond substituents is 1. The molecule has 0 bridgehead atoms. The summed E-state index contributed by atoms with van der Waals surface area (Å²) in [6.07, 6.45) is 4.88. The van der Waals surface area contributed by atoms with Crippen LogP contribution in [-0.4, -0.2) is 36.2 Å². The number of nitrogens with one attached hydrogen (secondary N) is 1. The third kappa shape index (κ3) is 2.81. The molecule has 1 heterocycles. The van der Waals surface area contributed by atoms with E-state index in [9.17, 15) is 9.50 Å². The van der Waals surface area contributed by atoms with Crippen molar-refractivity contribution in [3.05, 3.63) is 29.6 Å². The highest BCUT2D eigenvalue weighted by Crippen LogP contribution is 2.42. The number of aromatic hydroxyl groups is 1. The summed E-state index contributed by atoms with van der Waals surface area (Å²) >= 11 is 0. The Morgan fingerprint density at radius 3 is 2.60 bits per heavy atom. The Hall–Kier alpha value is -1.13. The molecule has 110 valence electrons. The summed E-state index contributed by atoms with van der Waals surface area (Å²) in [5, 5.41) is 13.5. The molecule has 0 radical (unpaired) electrons. The smallest absolute Gasteiger partial charge is 0.123 e. The molecule has 3 rings (SSSR count). The van der Waals surface area contributed by atoms with Crippen molar-refractivity contribution in [1.82, 2.24) is 10.2 Å². The van der Waals surface area contributed by atoms with Gasteiger partial charge in [-0.05, 0) is 37.0 Å². The number of benzene rings is 1. The number of hydrogen-bond acceptors (Lipinski definition) is 3. The lowest BCUT2D eigenvalue weighted by molar-refractivity contribution is 0.123. The van der Waals surface area contributed by atoms with Crippen molar-refractivity contribution >= 4 is 0 Å². The van der Waals surface area contributed by atoms with Crippen LogP contribution in [0.15, 0.2) is 18.2 Å². The molecule has 1 aromatic rings. The third-order valence-corrected chi connectivity index (χ3v) is 4.70. The van der Waals surface area contributed by atoms with Gasteiger partial charge in [-0.25, -0.2) is 4.39 Å². The molecule has 2 N–H and O–H groups in total. The number of rotatable bonds is 3. The molecule has 4 heteroatoms. The largest absolute Gasteiger partial charge is 0.508 e. The SMILES string of the molecule is Oc1ccc(F)cc1[C@@H](C1CCCC1)N1CCNCC1. The lowest BCUT2D eigenvalue weighted by Crippen LogP contribution is -2.46. The first kappa shape index (κ1) is 13.8. The Labute approximate surface area is 119 Å². The molecule has 3 nitrogen and oxygen atoms in total. The minimum atomic E-state index is -0.254. The average Bonchev–Trinajstić information content (AvgIpc) is 2.98. The second-order valence-corrected chi connectivity index (χ2v) is 5.98. The van der Waals surface area contributed by atoms with E-state index in [2.05, 4.69) is 10.2 Å². The van der Waals surface area contributed by atoms with Gasteiger partial charge in [0.1, 0.15) is 11.6 Å². The second kappa shape index (κ2) is 6.10. The third-order valence-electron chi connectivity index (χ3n) is 4.70. The summed E-state index contributed by atoms with van der Waals surface area (Å²) in [6.45, 7) is 3.88. The summed E-state index contributed by atoms with van der Waals surface area (Å²) in [5.41, 5.74) is 0.777. The highest BCUT2D eigenvalue weighted by Gasteiger charge is 2.33. The fourth-order valence-electron chi connectivity index (χ4n) is 3.74. The molecule has 1 atom stereocenters. The predicted octanol–water partition coefficient (Wildman–Crippen LogP) is 2.67. The molecule has 1 aliphatic carbocycles. The lowest BCUT2D eigenvalue weighted by atomic mass is 9.89. The molecule has 1 saturated carbocycles. The van der Waals surface area contributed by atoms with Gasteiger partial charge < -0.3 is 10.4 Å². The molecule has 1 saturated heterocycles. The van der Waals surface area contributed by atoms with Crippen LogP contribution in [0.4, 0.5) is 4.39 Å².